The number of benzene rings is 2. The summed E-state index contributed by atoms with van der Waals surface area (Å²) in [5.41, 5.74) is 4.06. The van der Waals surface area contributed by atoms with E-state index in [0.29, 0.717) is 11.5 Å². The molecule has 0 heterocycles. The van der Waals surface area contributed by atoms with Crippen molar-refractivity contribution in [1.29, 1.82) is 5.26 Å². The maximum Gasteiger partial charge on any atom is 0.244 e. The quantitative estimate of drug-likeness (QED) is 0.581. The minimum Gasteiger partial charge on any atom is -0.497 e. The molecule has 7 heteroatoms. The number of nitrogens with one attached hydrogen (secondary N) is 1. The minimum absolute atomic E-state index is 0.0643. The Hall–Kier alpha value is -3.53. The molecule has 7 nitrogen and oxygen atoms in total. The molecule has 0 aliphatic rings. The van der Waals surface area contributed by atoms with Crippen LogP contribution < -0.4 is 19.6 Å². The average Bonchev–Trinajstić information content (AvgIpc) is 2.67. The fourth-order valence-electron chi connectivity index (χ4n) is 2.14. The van der Waals surface area contributed by atoms with E-state index in [1.807, 2.05) is 18.2 Å². The van der Waals surface area contributed by atoms with Crippen LogP contribution in [-0.4, -0.2) is 32.9 Å². The number of hydrogen-bond donors (Lipinski definition) is 1. The lowest BCUT2D eigenvalue weighted by Crippen LogP contribution is -2.19. The van der Waals surface area contributed by atoms with Crippen molar-refractivity contribution >= 4 is 12.1 Å². The molecule has 0 unspecified atom stereocenters. The van der Waals surface area contributed by atoms with E-state index >= 15 is 0 Å². The smallest absolute Gasteiger partial charge is 0.244 e. The van der Waals surface area contributed by atoms with E-state index in [0.717, 1.165) is 16.9 Å². The van der Waals surface area contributed by atoms with Gasteiger partial charge in [0.1, 0.15) is 11.8 Å². The van der Waals surface area contributed by atoms with Crippen LogP contribution in [0.25, 0.3) is 0 Å². The highest BCUT2D eigenvalue weighted by Crippen LogP contribution is 2.27. The second-order valence-electron chi connectivity index (χ2n) is 5.18. The summed E-state index contributed by atoms with van der Waals surface area (Å²) in [6.45, 7) is -0.0643. The van der Waals surface area contributed by atoms with Crippen molar-refractivity contribution in [2.24, 2.45) is 5.10 Å². The molecule has 2 rings (SSSR count). The van der Waals surface area contributed by atoms with Gasteiger partial charge < -0.3 is 14.2 Å². The monoisotopic (exact) mass is 353 g/mol. The molecule has 2 aromatic rings. The summed E-state index contributed by atoms with van der Waals surface area (Å²) in [5.74, 6) is 1.46. The molecular formula is C19H19N3O4. The maximum atomic E-state index is 11.9. The normalized spacial score (nSPS) is 10.2. The van der Waals surface area contributed by atoms with Crippen molar-refractivity contribution in [1.82, 2.24) is 5.43 Å². The number of hydrogen-bond acceptors (Lipinski definition) is 6. The predicted molar refractivity (Wildman–Crippen MR) is 96.5 cm³/mol. The summed E-state index contributed by atoms with van der Waals surface area (Å²) in [7, 11) is 3.10. The van der Waals surface area contributed by atoms with Gasteiger partial charge in [0.15, 0.2) is 18.1 Å². The topological polar surface area (TPSA) is 92.9 Å². The van der Waals surface area contributed by atoms with Gasteiger partial charge in [-0.15, -0.1) is 0 Å². The first-order chi connectivity index (χ1) is 12.7. The van der Waals surface area contributed by atoms with Crippen molar-refractivity contribution in [2.75, 3.05) is 20.8 Å². The molecular weight excluding hydrogens is 334 g/mol. The molecule has 0 aliphatic heterocycles. The first kappa shape index (κ1) is 18.8. The van der Waals surface area contributed by atoms with Gasteiger partial charge in [-0.25, -0.2) is 5.43 Å². The molecule has 2 aromatic carbocycles. The lowest BCUT2D eigenvalue weighted by atomic mass is 10.1. The third-order valence-corrected chi connectivity index (χ3v) is 3.41. The van der Waals surface area contributed by atoms with Crippen LogP contribution in [0.2, 0.25) is 0 Å². The van der Waals surface area contributed by atoms with Crippen LogP contribution >= 0.6 is 0 Å². The molecule has 0 saturated carbocycles. The molecule has 1 amide bonds. The average molecular weight is 353 g/mol. The Bertz CT molecular complexity index is 811. The molecule has 0 radical (unpaired) electrons. The van der Waals surface area contributed by atoms with E-state index in [1.165, 1.54) is 13.3 Å². The van der Waals surface area contributed by atoms with Gasteiger partial charge in [0.2, 0.25) is 5.91 Å². The van der Waals surface area contributed by atoms with E-state index in [2.05, 4.69) is 10.5 Å². The van der Waals surface area contributed by atoms with E-state index in [-0.39, 0.29) is 18.9 Å². The van der Waals surface area contributed by atoms with Gasteiger partial charge in [-0.3, -0.25) is 4.79 Å². The van der Waals surface area contributed by atoms with E-state index in [1.54, 1.807) is 37.4 Å². The number of nitrogens with zero attached hydrogens (tertiary/aromatic N) is 2. The van der Waals surface area contributed by atoms with Gasteiger partial charge >= 0.3 is 0 Å². The maximum absolute atomic E-state index is 11.9. The van der Waals surface area contributed by atoms with Crippen LogP contribution in [0, 0.1) is 11.3 Å². The molecule has 134 valence electrons. The Kier molecular flexibility index (Phi) is 7.01. The highest BCUT2D eigenvalue weighted by molar-refractivity contribution is 5.84. The predicted octanol–water partition coefficient (Wildman–Crippen LogP) is 2.30. The second-order valence-corrected chi connectivity index (χ2v) is 5.18. The molecule has 0 fully saturated rings. The lowest BCUT2D eigenvalue weighted by molar-refractivity contribution is -0.120. The zero-order valence-electron chi connectivity index (χ0n) is 14.6. The van der Waals surface area contributed by atoms with Gasteiger partial charge in [0.05, 0.1) is 26.9 Å². The number of hydrazone groups is 1. The third kappa shape index (κ3) is 5.53. The van der Waals surface area contributed by atoms with Crippen molar-refractivity contribution < 1.29 is 19.0 Å². The van der Waals surface area contributed by atoms with Crippen LogP contribution in [0.15, 0.2) is 47.6 Å². The number of rotatable bonds is 8. The van der Waals surface area contributed by atoms with Gasteiger partial charge in [-0.2, -0.15) is 10.4 Å². The number of carbonyl (C=O) groups excluding carboxylic acids is 1. The molecule has 0 bridgehead atoms. The van der Waals surface area contributed by atoms with E-state index in [9.17, 15) is 4.79 Å². The number of methoxy groups -OCH3 is 2. The summed E-state index contributed by atoms with van der Waals surface area (Å²) >= 11 is 0. The fraction of sp³-hybridized carbons (Fsp3) is 0.211. The highest BCUT2D eigenvalue weighted by Gasteiger charge is 2.05. The van der Waals surface area contributed by atoms with Crippen LogP contribution in [0.1, 0.15) is 11.1 Å². The number of carbonyl (C=O) groups is 1. The van der Waals surface area contributed by atoms with Crippen LogP contribution in [0.5, 0.6) is 17.2 Å². The van der Waals surface area contributed by atoms with Gasteiger partial charge in [0, 0.05) is 0 Å². The second kappa shape index (κ2) is 9.69. The van der Waals surface area contributed by atoms with Gasteiger partial charge in [-0.1, -0.05) is 12.1 Å². The van der Waals surface area contributed by atoms with Crippen molar-refractivity contribution in [3.8, 4) is 23.3 Å². The fourth-order valence-corrected chi connectivity index (χ4v) is 2.14. The van der Waals surface area contributed by atoms with Crippen molar-refractivity contribution in [2.45, 2.75) is 6.42 Å². The number of ether oxygens (including phenoxy) is 3. The molecule has 0 atom stereocenters. The van der Waals surface area contributed by atoms with E-state index in [4.69, 9.17) is 19.5 Å². The lowest BCUT2D eigenvalue weighted by Gasteiger charge is -2.08. The summed E-state index contributed by atoms with van der Waals surface area (Å²) in [5, 5.41) is 12.5. The zero-order valence-corrected chi connectivity index (χ0v) is 14.6. The molecule has 0 saturated heterocycles. The summed E-state index contributed by atoms with van der Waals surface area (Å²) in [6, 6.07) is 14.3. The summed E-state index contributed by atoms with van der Waals surface area (Å²) in [4.78, 5) is 11.9. The Morgan fingerprint density at radius 3 is 2.58 bits per heavy atom. The molecule has 0 spiro atoms. The first-order valence-electron chi connectivity index (χ1n) is 7.79. The molecule has 0 aliphatic carbocycles. The number of amides is 1. The Labute approximate surface area is 151 Å². The Morgan fingerprint density at radius 1 is 1.15 bits per heavy atom. The first-order valence-corrected chi connectivity index (χ1v) is 7.79. The number of nitriles is 1. The van der Waals surface area contributed by atoms with Crippen LogP contribution in [0.3, 0.4) is 0 Å². The molecule has 1 N–H and O–H groups in total. The Balaban J connectivity index is 1.92. The van der Waals surface area contributed by atoms with Crippen LogP contribution in [-0.2, 0) is 11.2 Å². The third-order valence-electron chi connectivity index (χ3n) is 3.41. The largest absolute Gasteiger partial charge is 0.497 e. The molecule has 0 aromatic heterocycles. The van der Waals surface area contributed by atoms with Gasteiger partial charge in [0.25, 0.3) is 0 Å². The van der Waals surface area contributed by atoms with Crippen molar-refractivity contribution in [3.05, 3.63) is 53.6 Å². The molecule has 26 heavy (non-hydrogen) atoms. The minimum atomic E-state index is -0.229. The van der Waals surface area contributed by atoms with Gasteiger partial charge in [-0.05, 0) is 41.5 Å². The highest BCUT2D eigenvalue weighted by atomic mass is 16.5. The van der Waals surface area contributed by atoms with Crippen molar-refractivity contribution in [3.63, 3.8) is 0 Å². The van der Waals surface area contributed by atoms with Crippen LogP contribution in [0.4, 0.5) is 0 Å². The zero-order chi connectivity index (χ0) is 18.8. The summed E-state index contributed by atoms with van der Waals surface area (Å²) in [6.07, 6.45) is 1.72. The Morgan fingerprint density at radius 2 is 1.92 bits per heavy atom. The van der Waals surface area contributed by atoms with E-state index < -0.39 is 0 Å². The standard InChI is InChI=1S/C19H19N3O4/c1-24-16-6-3-14(4-7-16)12-19(23)22-21-13-15-5-8-17(26-10-9-20)18(11-15)25-2/h3-8,11,13H,10,12H2,1-2H3,(H,22,23)/b21-13+. The SMILES string of the molecule is COc1ccc(CC(=O)N/N=C/c2ccc(OCC#N)c(OC)c2)cc1. The summed E-state index contributed by atoms with van der Waals surface area (Å²) < 4.78 is 15.5.